The maximum Gasteiger partial charge on any atom is 0.232 e. The van der Waals surface area contributed by atoms with E-state index in [1.807, 2.05) is 84.7 Å². The molecular weight excluding hydrogens is 324 g/mol. The first-order chi connectivity index (χ1) is 11.5. The van der Waals surface area contributed by atoms with Gasteiger partial charge in [0.15, 0.2) is 0 Å². The molecule has 0 N–H and O–H groups in total. The number of anilines is 1. The van der Waals surface area contributed by atoms with Gasteiger partial charge in [0.1, 0.15) is 5.69 Å². The van der Waals surface area contributed by atoms with Crippen LogP contribution in [0, 0.1) is 0 Å². The second-order valence-electron chi connectivity index (χ2n) is 5.73. The molecule has 0 aliphatic carbocycles. The van der Waals surface area contributed by atoms with Crippen molar-refractivity contribution in [2.75, 3.05) is 19.0 Å². The van der Waals surface area contributed by atoms with Crippen LogP contribution >= 0.6 is 11.6 Å². The van der Waals surface area contributed by atoms with Crippen molar-refractivity contribution >= 4 is 34.0 Å². The Bertz CT molecular complexity index is 938. The lowest BCUT2D eigenvalue weighted by Crippen LogP contribution is -2.21. The summed E-state index contributed by atoms with van der Waals surface area (Å²) in [4.78, 5) is 1.98. The SMILES string of the molecule is CN(C)c1ccc(N=NN=c2n(C)c3ccccc3n2C)c(Cl)c1. The van der Waals surface area contributed by atoms with Crippen molar-refractivity contribution in [2.45, 2.75) is 0 Å². The number of benzene rings is 2. The number of nitrogens with zero attached hydrogens (tertiary/aromatic N) is 6. The third-order valence-electron chi connectivity index (χ3n) is 3.94. The van der Waals surface area contributed by atoms with E-state index in [1.165, 1.54) is 0 Å². The number of hydrogen-bond acceptors (Lipinski definition) is 3. The van der Waals surface area contributed by atoms with Gasteiger partial charge in [-0.3, -0.25) is 0 Å². The van der Waals surface area contributed by atoms with Gasteiger partial charge < -0.3 is 14.0 Å². The fraction of sp³-hybridized carbons (Fsp3) is 0.235. The van der Waals surface area contributed by atoms with Crippen molar-refractivity contribution in [1.82, 2.24) is 9.13 Å². The quantitative estimate of drug-likeness (QED) is 0.527. The van der Waals surface area contributed by atoms with E-state index in [2.05, 4.69) is 15.4 Å². The van der Waals surface area contributed by atoms with Crippen LogP contribution in [-0.2, 0) is 14.1 Å². The first-order valence-corrected chi connectivity index (χ1v) is 7.89. The summed E-state index contributed by atoms with van der Waals surface area (Å²) in [6, 6.07) is 13.7. The summed E-state index contributed by atoms with van der Waals surface area (Å²) in [5, 5.41) is 12.9. The number of para-hydroxylation sites is 2. The Morgan fingerprint density at radius 3 is 2.12 bits per heavy atom. The molecule has 24 heavy (non-hydrogen) atoms. The molecule has 3 aromatic rings. The molecule has 1 heterocycles. The number of aryl methyl sites for hydroxylation is 2. The summed E-state index contributed by atoms with van der Waals surface area (Å²) < 4.78 is 3.95. The summed E-state index contributed by atoms with van der Waals surface area (Å²) in [6.45, 7) is 0. The van der Waals surface area contributed by atoms with E-state index in [4.69, 9.17) is 11.6 Å². The van der Waals surface area contributed by atoms with Crippen LogP contribution in [0.1, 0.15) is 0 Å². The fourth-order valence-electron chi connectivity index (χ4n) is 2.57. The highest BCUT2D eigenvalue weighted by Crippen LogP contribution is 2.29. The number of imidazole rings is 1. The summed E-state index contributed by atoms with van der Waals surface area (Å²) in [5.41, 5.74) is 4.48. The highest BCUT2D eigenvalue weighted by molar-refractivity contribution is 6.33. The Morgan fingerprint density at radius 1 is 0.958 bits per heavy atom. The monoisotopic (exact) mass is 342 g/mol. The van der Waals surface area contributed by atoms with E-state index in [0.29, 0.717) is 16.3 Å². The number of rotatable bonds is 3. The minimum Gasteiger partial charge on any atom is -0.378 e. The molecule has 0 saturated carbocycles. The molecule has 2 aromatic carbocycles. The zero-order valence-electron chi connectivity index (χ0n) is 14.1. The zero-order chi connectivity index (χ0) is 17.3. The highest BCUT2D eigenvalue weighted by atomic mass is 35.5. The molecule has 0 amide bonds. The van der Waals surface area contributed by atoms with Gasteiger partial charge in [0, 0.05) is 33.9 Å². The molecule has 0 spiro atoms. The second kappa shape index (κ2) is 6.49. The molecule has 0 atom stereocenters. The number of aromatic nitrogens is 2. The van der Waals surface area contributed by atoms with Crippen molar-refractivity contribution < 1.29 is 0 Å². The summed E-state index contributed by atoms with van der Waals surface area (Å²) >= 11 is 6.25. The average Bonchev–Trinajstić information content (AvgIpc) is 2.81. The molecule has 3 rings (SSSR count). The third-order valence-corrected chi connectivity index (χ3v) is 4.24. The second-order valence-corrected chi connectivity index (χ2v) is 6.13. The molecule has 0 aliphatic heterocycles. The summed E-state index contributed by atoms with van der Waals surface area (Å²) in [6.07, 6.45) is 0. The van der Waals surface area contributed by atoms with Crippen molar-refractivity contribution in [2.24, 2.45) is 29.5 Å². The maximum atomic E-state index is 6.25. The minimum atomic E-state index is 0.543. The molecule has 124 valence electrons. The van der Waals surface area contributed by atoms with Crippen LogP contribution in [0.4, 0.5) is 11.4 Å². The molecular formula is C17H19ClN6. The van der Waals surface area contributed by atoms with Gasteiger partial charge in [0.2, 0.25) is 5.62 Å². The van der Waals surface area contributed by atoms with Gasteiger partial charge in [0.25, 0.3) is 0 Å². The van der Waals surface area contributed by atoms with Gasteiger partial charge in [-0.25, -0.2) is 0 Å². The Hall–Kier alpha value is -2.60. The predicted molar refractivity (Wildman–Crippen MR) is 97.7 cm³/mol. The van der Waals surface area contributed by atoms with E-state index in [-0.39, 0.29) is 0 Å². The van der Waals surface area contributed by atoms with E-state index in [0.717, 1.165) is 16.7 Å². The van der Waals surface area contributed by atoms with Gasteiger partial charge >= 0.3 is 0 Å². The first-order valence-electron chi connectivity index (χ1n) is 7.51. The van der Waals surface area contributed by atoms with Crippen LogP contribution in [0.5, 0.6) is 0 Å². The van der Waals surface area contributed by atoms with Crippen molar-refractivity contribution in [1.29, 1.82) is 0 Å². The van der Waals surface area contributed by atoms with Crippen LogP contribution in [0.3, 0.4) is 0 Å². The van der Waals surface area contributed by atoms with Crippen LogP contribution in [0.25, 0.3) is 11.0 Å². The topological polar surface area (TPSA) is 50.2 Å². The van der Waals surface area contributed by atoms with E-state index in [1.54, 1.807) is 0 Å². The largest absolute Gasteiger partial charge is 0.378 e. The molecule has 0 aliphatic rings. The standard InChI is InChI=1S/C17H19ClN6/c1-22(2)12-9-10-14(13(18)11-12)19-21-20-17-23(3)15-7-5-6-8-16(15)24(17)4/h5-11H,1-4H3. The number of fused-ring (bicyclic) bond motifs is 1. The Morgan fingerprint density at radius 2 is 1.58 bits per heavy atom. The zero-order valence-corrected chi connectivity index (χ0v) is 14.9. The Balaban J connectivity index is 1.98. The van der Waals surface area contributed by atoms with Gasteiger partial charge in [-0.2, -0.15) is 0 Å². The molecule has 7 heteroatoms. The minimum absolute atomic E-state index is 0.543. The van der Waals surface area contributed by atoms with Crippen molar-refractivity contribution in [3.05, 3.63) is 53.1 Å². The van der Waals surface area contributed by atoms with Gasteiger partial charge in [0.05, 0.1) is 16.1 Å². The van der Waals surface area contributed by atoms with Gasteiger partial charge in [-0.15, -0.1) is 5.11 Å². The first kappa shape index (κ1) is 16.3. The third kappa shape index (κ3) is 2.92. The normalized spacial score (nSPS) is 11.4. The van der Waals surface area contributed by atoms with E-state index in [9.17, 15) is 0 Å². The Labute approximate surface area is 145 Å². The molecule has 0 radical (unpaired) electrons. The van der Waals surface area contributed by atoms with Gasteiger partial charge in [-0.1, -0.05) is 28.8 Å². The molecule has 0 bridgehead atoms. The molecule has 0 unspecified atom stereocenters. The summed E-state index contributed by atoms with van der Waals surface area (Å²) in [5.74, 6) is 0. The van der Waals surface area contributed by atoms with Crippen molar-refractivity contribution in [3.63, 3.8) is 0 Å². The lowest BCUT2D eigenvalue weighted by Gasteiger charge is -2.12. The molecule has 6 nitrogen and oxygen atoms in total. The van der Waals surface area contributed by atoms with Crippen LogP contribution in [0.2, 0.25) is 5.02 Å². The van der Waals surface area contributed by atoms with E-state index >= 15 is 0 Å². The molecule has 0 saturated heterocycles. The predicted octanol–water partition coefficient (Wildman–Crippen LogP) is 3.84. The fourth-order valence-corrected chi connectivity index (χ4v) is 2.78. The smallest absolute Gasteiger partial charge is 0.232 e. The average molecular weight is 343 g/mol. The Kier molecular flexibility index (Phi) is 4.40. The van der Waals surface area contributed by atoms with Crippen LogP contribution in [-0.4, -0.2) is 23.2 Å². The maximum absolute atomic E-state index is 6.25. The highest BCUT2D eigenvalue weighted by Gasteiger charge is 2.05. The van der Waals surface area contributed by atoms with E-state index < -0.39 is 0 Å². The van der Waals surface area contributed by atoms with Crippen molar-refractivity contribution in [3.8, 4) is 0 Å². The van der Waals surface area contributed by atoms with Crippen LogP contribution < -0.4 is 10.5 Å². The molecule has 1 aromatic heterocycles. The lowest BCUT2D eigenvalue weighted by molar-refractivity contribution is 0.734. The number of halogens is 1. The molecule has 0 fully saturated rings. The van der Waals surface area contributed by atoms with Gasteiger partial charge in [-0.05, 0) is 35.6 Å². The van der Waals surface area contributed by atoms with Crippen LogP contribution in [0.15, 0.2) is 57.9 Å². The number of hydrogen-bond donors (Lipinski definition) is 0. The summed E-state index contributed by atoms with van der Waals surface area (Å²) in [7, 11) is 7.83. The lowest BCUT2D eigenvalue weighted by atomic mass is 10.3.